The summed E-state index contributed by atoms with van der Waals surface area (Å²) in [4.78, 5) is 3.76. The zero-order chi connectivity index (χ0) is 15.2. The molecule has 0 saturated heterocycles. The lowest BCUT2D eigenvalue weighted by Gasteiger charge is -2.20. The van der Waals surface area contributed by atoms with Crippen LogP contribution in [0, 0.1) is 11.6 Å². The first-order chi connectivity index (χ1) is 10.1. The van der Waals surface area contributed by atoms with Crippen LogP contribution in [0.25, 0.3) is 0 Å². The lowest BCUT2D eigenvalue weighted by Crippen LogP contribution is -2.25. The highest BCUT2D eigenvalue weighted by Crippen LogP contribution is 2.24. The molecule has 2 rings (SSSR count). The summed E-state index contributed by atoms with van der Waals surface area (Å²) in [6.45, 7) is 2.78. The van der Waals surface area contributed by atoms with Crippen molar-refractivity contribution in [3.05, 3.63) is 63.9 Å². The van der Waals surface area contributed by atoms with E-state index in [2.05, 4.69) is 26.2 Å². The Labute approximate surface area is 131 Å². The van der Waals surface area contributed by atoms with E-state index in [0.29, 0.717) is 22.0 Å². The van der Waals surface area contributed by atoms with Crippen LogP contribution in [0.1, 0.15) is 30.5 Å². The van der Waals surface area contributed by atoms with Crippen molar-refractivity contribution in [1.29, 1.82) is 0 Å². The fourth-order valence-electron chi connectivity index (χ4n) is 2.19. The van der Waals surface area contributed by atoms with E-state index in [0.717, 1.165) is 13.0 Å². The number of nitrogens with one attached hydrogen (secondary N) is 1. The van der Waals surface area contributed by atoms with Gasteiger partial charge < -0.3 is 5.32 Å². The van der Waals surface area contributed by atoms with Crippen LogP contribution in [0.3, 0.4) is 0 Å². The molecule has 2 nitrogen and oxygen atoms in total. The maximum absolute atomic E-state index is 14.0. The van der Waals surface area contributed by atoms with E-state index in [1.54, 1.807) is 24.4 Å². The van der Waals surface area contributed by atoms with Crippen LogP contribution in [0.15, 0.2) is 41.1 Å². The Hall–Kier alpha value is -1.33. The van der Waals surface area contributed by atoms with Crippen LogP contribution in [-0.4, -0.2) is 11.5 Å². The van der Waals surface area contributed by atoms with Crippen LogP contribution in [0.4, 0.5) is 8.78 Å². The molecule has 112 valence electrons. The molecule has 1 N–H and O–H groups in total. The van der Waals surface area contributed by atoms with Gasteiger partial charge in [0.2, 0.25) is 0 Å². The molecule has 1 atom stereocenters. The van der Waals surface area contributed by atoms with Gasteiger partial charge in [0.25, 0.3) is 0 Å². The quantitative estimate of drug-likeness (QED) is 0.831. The van der Waals surface area contributed by atoms with Gasteiger partial charge in [0.15, 0.2) is 0 Å². The molecular formula is C16H17BrF2N2. The Bertz CT molecular complexity index is 605. The minimum atomic E-state index is -0.372. The first kappa shape index (κ1) is 16.0. The normalized spacial score (nSPS) is 12.4. The average molecular weight is 355 g/mol. The highest BCUT2D eigenvalue weighted by molar-refractivity contribution is 9.10. The van der Waals surface area contributed by atoms with Crippen LogP contribution >= 0.6 is 15.9 Å². The Kier molecular flexibility index (Phi) is 5.82. The number of aromatic nitrogens is 1. The molecule has 1 aromatic carbocycles. The van der Waals surface area contributed by atoms with Crippen molar-refractivity contribution >= 4 is 15.9 Å². The number of nitrogens with zero attached hydrogens (tertiary/aromatic N) is 1. The van der Waals surface area contributed by atoms with Gasteiger partial charge >= 0.3 is 0 Å². The van der Waals surface area contributed by atoms with Gasteiger partial charge in [-0.1, -0.05) is 28.9 Å². The topological polar surface area (TPSA) is 24.9 Å². The third kappa shape index (κ3) is 4.32. The SMILES string of the molecule is CCCNC(Cc1ccc(Br)cc1F)c1ccncc1F. The van der Waals surface area contributed by atoms with Crippen molar-refractivity contribution in [3.8, 4) is 0 Å². The highest BCUT2D eigenvalue weighted by Gasteiger charge is 2.17. The molecule has 0 amide bonds. The Morgan fingerprint density at radius 3 is 2.71 bits per heavy atom. The van der Waals surface area contributed by atoms with Gasteiger partial charge in [-0.3, -0.25) is 4.98 Å². The average Bonchev–Trinajstić information content (AvgIpc) is 2.46. The van der Waals surface area contributed by atoms with Gasteiger partial charge in [-0.25, -0.2) is 8.78 Å². The van der Waals surface area contributed by atoms with E-state index < -0.39 is 0 Å². The van der Waals surface area contributed by atoms with E-state index in [9.17, 15) is 8.78 Å². The molecule has 1 aromatic heterocycles. The van der Waals surface area contributed by atoms with Gasteiger partial charge in [-0.2, -0.15) is 0 Å². The zero-order valence-corrected chi connectivity index (χ0v) is 13.3. The largest absolute Gasteiger partial charge is 0.310 e. The fourth-order valence-corrected chi connectivity index (χ4v) is 2.52. The fraction of sp³-hybridized carbons (Fsp3) is 0.312. The van der Waals surface area contributed by atoms with Crippen LogP contribution < -0.4 is 5.32 Å². The number of pyridine rings is 1. The summed E-state index contributed by atoms with van der Waals surface area (Å²) in [7, 11) is 0. The van der Waals surface area contributed by atoms with E-state index in [1.165, 1.54) is 12.3 Å². The third-order valence-corrected chi connectivity index (χ3v) is 3.75. The van der Waals surface area contributed by atoms with E-state index in [-0.39, 0.29) is 17.7 Å². The molecule has 0 aliphatic rings. The van der Waals surface area contributed by atoms with Crippen molar-refractivity contribution in [2.24, 2.45) is 0 Å². The minimum Gasteiger partial charge on any atom is -0.310 e. The molecule has 0 fully saturated rings. The molecule has 0 bridgehead atoms. The van der Waals surface area contributed by atoms with Crippen LogP contribution in [-0.2, 0) is 6.42 Å². The van der Waals surface area contributed by atoms with Gasteiger partial charge in [0.1, 0.15) is 11.6 Å². The first-order valence-corrected chi connectivity index (χ1v) is 7.67. The standard InChI is InChI=1S/C16H17BrF2N2/c1-2-6-21-16(13-5-7-20-10-15(13)19)8-11-3-4-12(17)9-14(11)18/h3-5,7,9-10,16,21H,2,6,8H2,1H3. The van der Waals surface area contributed by atoms with Crippen molar-refractivity contribution in [2.75, 3.05) is 6.54 Å². The predicted molar refractivity (Wildman–Crippen MR) is 83.0 cm³/mol. The molecule has 0 spiro atoms. The summed E-state index contributed by atoms with van der Waals surface area (Å²) in [5.41, 5.74) is 1.07. The number of rotatable bonds is 6. The first-order valence-electron chi connectivity index (χ1n) is 6.88. The van der Waals surface area contributed by atoms with Gasteiger partial charge in [0, 0.05) is 22.3 Å². The molecule has 0 aliphatic heterocycles. The number of hydrogen-bond donors (Lipinski definition) is 1. The van der Waals surface area contributed by atoms with Crippen LogP contribution in [0.2, 0.25) is 0 Å². The van der Waals surface area contributed by atoms with Gasteiger partial charge in [0.05, 0.1) is 6.20 Å². The summed E-state index contributed by atoms with van der Waals surface area (Å²) in [5, 5.41) is 3.27. The number of hydrogen-bond acceptors (Lipinski definition) is 2. The maximum Gasteiger partial charge on any atom is 0.146 e. The smallest absolute Gasteiger partial charge is 0.146 e. The second-order valence-electron chi connectivity index (χ2n) is 4.84. The highest BCUT2D eigenvalue weighted by atomic mass is 79.9. The van der Waals surface area contributed by atoms with Crippen molar-refractivity contribution < 1.29 is 8.78 Å². The summed E-state index contributed by atoms with van der Waals surface area (Å²) >= 11 is 3.24. The second-order valence-corrected chi connectivity index (χ2v) is 5.76. The van der Waals surface area contributed by atoms with E-state index >= 15 is 0 Å². The zero-order valence-electron chi connectivity index (χ0n) is 11.7. The van der Waals surface area contributed by atoms with E-state index in [1.807, 2.05) is 6.92 Å². The maximum atomic E-state index is 14.0. The lowest BCUT2D eigenvalue weighted by atomic mass is 9.99. The lowest BCUT2D eigenvalue weighted by molar-refractivity contribution is 0.485. The Morgan fingerprint density at radius 2 is 2.05 bits per heavy atom. The van der Waals surface area contributed by atoms with Crippen molar-refractivity contribution in [1.82, 2.24) is 10.3 Å². The monoisotopic (exact) mass is 354 g/mol. The van der Waals surface area contributed by atoms with E-state index in [4.69, 9.17) is 0 Å². The van der Waals surface area contributed by atoms with Crippen molar-refractivity contribution in [2.45, 2.75) is 25.8 Å². The molecule has 21 heavy (non-hydrogen) atoms. The predicted octanol–water partition coefficient (Wildman–Crippen LogP) is 4.41. The molecule has 1 heterocycles. The summed E-state index contributed by atoms with van der Waals surface area (Å²) in [5.74, 6) is -0.661. The molecule has 0 radical (unpaired) electrons. The molecule has 5 heteroatoms. The molecular weight excluding hydrogens is 338 g/mol. The van der Waals surface area contributed by atoms with Gasteiger partial charge in [-0.05, 0) is 43.1 Å². The summed E-state index contributed by atoms with van der Waals surface area (Å²) in [6.07, 6.45) is 4.05. The number of benzene rings is 1. The van der Waals surface area contributed by atoms with Crippen molar-refractivity contribution in [3.63, 3.8) is 0 Å². The van der Waals surface area contributed by atoms with Gasteiger partial charge in [-0.15, -0.1) is 0 Å². The molecule has 1 unspecified atom stereocenters. The summed E-state index contributed by atoms with van der Waals surface area (Å²) in [6, 6.07) is 6.30. The Morgan fingerprint density at radius 1 is 1.24 bits per heavy atom. The third-order valence-electron chi connectivity index (χ3n) is 3.26. The van der Waals surface area contributed by atoms with Crippen LogP contribution in [0.5, 0.6) is 0 Å². The second kappa shape index (κ2) is 7.61. The number of halogens is 3. The Balaban J connectivity index is 2.26. The molecule has 2 aromatic rings. The molecule has 0 saturated carbocycles. The summed E-state index contributed by atoms with van der Waals surface area (Å²) < 4.78 is 28.6. The minimum absolute atomic E-state index is 0.274. The molecule has 0 aliphatic carbocycles.